The summed E-state index contributed by atoms with van der Waals surface area (Å²) in [7, 11) is 0. The molecule has 0 spiro atoms. The van der Waals surface area contributed by atoms with E-state index in [-0.39, 0.29) is 18.9 Å². The van der Waals surface area contributed by atoms with E-state index >= 15 is 0 Å². The highest BCUT2D eigenvalue weighted by atomic mass is 16.3. The third kappa shape index (κ3) is 48.8. The summed E-state index contributed by atoms with van der Waals surface area (Å²) in [6, 6.07) is -0.654. The Hall–Kier alpha value is -0.650. The van der Waals surface area contributed by atoms with Crippen LogP contribution >= 0.6 is 0 Å². The first-order valence-electron chi connectivity index (χ1n) is 28.8. The second-order valence-corrected chi connectivity index (χ2v) is 20.3. The maximum atomic E-state index is 12.5. The quantitative estimate of drug-likeness (QED) is 0.0458. The highest BCUT2D eigenvalue weighted by molar-refractivity contribution is 5.76. The van der Waals surface area contributed by atoms with Crippen LogP contribution in [0.3, 0.4) is 0 Å². The molecule has 0 aromatic carbocycles. The van der Waals surface area contributed by atoms with Crippen molar-refractivity contribution in [1.29, 1.82) is 0 Å². The number of amides is 1. The van der Waals surface area contributed by atoms with Gasteiger partial charge in [-0.2, -0.15) is 0 Å². The van der Waals surface area contributed by atoms with Crippen LogP contribution in [0.2, 0.25) is 0 Å². The van der Waals surface area contributed by atoms with Crippen molar-refractivity contribution in [2.24, 2.45) is 0 Å². The van der Waals surface area contributed by atoms with E-state index in [9.17, 15) is 20.1 Å². The van der Waals surface area contributed by atoms with Crippen LogP contribution in [-0.4, -0.2) is 46.1 Å². The number of hydrogen-bond donors (Lipinski definition) is 4. The summed E-state index contributed by atoms with van der Waals surface area (Å²) < 4.78 is 0. The molecule has 0 fully saturated rings. The highest BCUT2D eigenvalue weighted by Crippen LogP contribution is 2.19. The van der Waals surface area contributed by atoms with Gasteiger partial charge in [0.1, 0.15) is 0 Å². The molecule has 0 bridgehead atoms. The van der Waals surface area contributed by atoms with Crippen molar-refractivity contribution in [2.75, 3.05) is 6.61 Å². The fraction of sp³-hybridized carbons (Fsp3) is 0.982. The Morgan fingerprint density at radius 1 is 0.339 bits per heavy atom. The Labute approximate surface area is 389 Å². The molecule has 5 heteroatoms. The zero-order valence-corrected chi connectivity index (χ0v) is 42.5. The van der Waals surface area contributed by atoms with Crippen LogP contribution in [-0.2, 0) is 4.79 Å². The first-order valence-corrected chi connectivity index (χ1v) is 28.8. The lowest BCUT2D eigenvalue weighted by atomic mass is 10.0. The number of carbonyl (C=O) groups excluding carboxylic acids is 1. The summed E-state index contributed by atoms with van der Waals surface area (Å²) >= 11 is 0. The van der Waals surface area contributed by atoms with Crippen molar-refractivity contribution in [3.05, 3.63) is 0 Å². The van der Waals surface area contributed by atoms with Crippen molar-refractivity contribution in [3.8, 4) is 0 Å². The summed E-state index contributed by atoms with van der Waals surface area (Å²) in [5.41, 5.74) is 0. The van der Waals surface area contributed by atoms with Crippen LogP contribution in [0, 0.1) is 0 Å². The molecular weight excluding hydrogens is 763 g/mol. The van der Waals surface area contributed by atoms with Gasteiger partial charge in [0.2, 0.25) is 5.91 Å². The van der Waals surface area contributed by atoms with Gasteiger partial charge in [-0.05, 0) is 12.8 Å². The smallest absolute Gasteiger partial charge is 0.222 e. The molecule has 372 valence electrons. The average molecular weight is 879 g/mol. The van der Waals surface area contributed by atoms with Crippen LogP contribution in [0.5, 0.6) is 0 Å². The molecule has 0 aliphatic carbocycles. The van der Waals surface area contributed by atoms with E-state index in [1.54, 1.807) is 0 Å². The first kappa shape index (κ1) is 61.4. The summed E-state index contributed by atoms with van der Waals surface area (Å²) in [6.07, 6.45) is 64.1. The fourth-order valence-electron chi connectivity index (χ4n) is 9.53. The van der Waals surface area contributed by atoms with Gasteiger partial charge >= 0.3 is 0 Å². The van der Waals surface area contributed by atoms with Crippen LogP contribution in [0.25, 0.3) is 0 Å². The number of carbonyl (C=O) groups is 1. The molecule has 0 heterocycles. The zero-order valence-electron chi connectivity index (χ0n) is 42.5. The first-order chi connectivity index (χ1) is 30.5. The van der Waals surface area contributed by atoms with Gasteiger partial charge in [0.05, 0.1) is 31.3 Å². The van der Waals surface area contributed by atoms with E-state index in [0.717, 1.165) is 25.7 Å². The van der Waals surface area contributed by atoms with Gasteiger partial charge in [-0.25, -0.2) is 0 Å². The van der Waals surface area contributed by atoms with Crippen molar-refractivity contribution in [2.45, 2.75) is 353 Å². The molecular formula is C57H115NO4. The molecule has 0 aromatic heterocycles. The molecule has 0 rings (SSSR count). The molecule has 62 heavy (non-hydrogen) atoms. The minimum Gasteiger partial charge on any atom is -0.394 e. The highest BCUT2D eigenvalue weighted by Gasteiger charge is 2.21. The van der Waals surface area contributed by atoms with Gasteiger partial charge in [-0.1, -0.05) is 316 Å². The van der Waals surface area contributed by atoms with E-state index in [2.05, 4.69) is 19.2 Å². The molecule has 1 amide bonds. The van der Waals surface area contributed by atoms with Crippen molar-refractivity contribution >= 4 is 5.91 Å². The minimum absolute atomic E-state index is 0.0436. The molecule has 0 radical (unpaired) electrons. The summed E-state index contributed by atoms with van der Waals surface area (Å²) in [4.78, 5) is 12.5. The fourth-order valence-corrected chi connectivity index (χ4v) is 9.53. The number of rotatable bonds is 54. The van der Waals surface area contributed by atoms with E-state index in [1.165, 1.54) is 276 Å². The predicted molar refractivity (Wildman–Crippen MR) is 273 cm³/mol. The van der Waals surface area contributed by atoms with Crippen molar-refractivity contribution < 1.29 is 20.1 Å². The molecule has 0 aromatic rings. The third-order valence-electron chi connectivity index (χ3n) is 13.9. The zero-order chi connectivity index (χ0) is 45.1. The topological polar surface area (TPSA) is 89.8 Å². The maximum Gasteiger partial charge on any atom is 0.222 e. The monoisotopic (exact) mass is 878 g/mol. The Morgan fingerprint density at radius 3 is 0.774 bits per heavy atom. The normalized spacial score (nSPS) is 13.2. The Morgan fingerprint density at radius 2 is 0.548 bits per heavy atom. The van der Waals surface area contributed by atoms with Gasteiger partial charge in [-0.3, -0.25) is 4.79 Å². The van der Waals surface area contributed by atoms with Gasteiger partial charge in [0, 0.05) is 0 Å². The molecule has 5 nitrogen and oxygen atoms in total. The Balaban J connectivity index is 3.48. The van der Waals surface area contributed by atoms with Crippen LogP contribution in [0.15, 0.2) is 0 Å². The van der Waals surface area contributed by atoms with E-state index in [0.29, 0.717) is 12.8 Å². The van der Waals surface area contributed by atoms with Crippen molar-refractivity contribution in [1.82, 2.24) is 5.32 Å². The van der Waals surface area contributed by atoms with Gasteiger partial charge in [0.25, 0.3) is 0 Å². The molecule has 0 saturated heterocycles. The number of hydrogen-bond acceptors (Lipinski definition) is 4. The largest absolute Gasteiger partial charge is 0.394 e. The second-order valence-electron chi connectivity index (χ2n) is 20.3. The molecule has 3 unspecified atom stereocenters. The summed E-state index contributed by atoms with van der Waals surface area (Å²) in [6.45, 7) is 4.31. The van der Waals surface area contributed by atoms with Crippen LogP contribution < -0.4 is 5.32 Å². The predicted octanol–water partition coefficient (Wildman–Crippen LogP) is 17.7. The second kappa shape index (κ2) is 53.0. The molecule has 0 aliphatic heterocycles. The lowest BCUT2D eigenvalue weighted by Gasteiger charge is -2.23. The van der Waals surface area contributed by atoms with Gasteiger partial charge < -0.3 is 20.6 Å². The number of unbranched alkanes of at least 4 members (excludes halogenated alkanes) is 45. The number of nitrogens with one attached hydrogen (secondary N) is 1. The maximum absolute atomic E-state index is 12.5. The molecule has 0 aliphatic rings. The Bertz CT molecular complexity index is 838. The van der Waals surface area contributed by atoms with Gasteiger partial charge in [0.15, 0.2) is 0 Å². The van der Waals surface area contributed by atoms with Crippen LogP contribution in [0.1, 0.15) is 335 Å². The molecule has 3 atom stereocenters. The average Bonchev–Trinajstić information content (AvgIpc) is 3.27. The van der Waals surface area contributed by atoms with Crippen molar-refractivity contribution in [3.63, 3.8) is 0 Å². The third-order valence-corrected chi connectivity index (χ3v) is 13.9. The summed E-state index contributed by atoms with van der Waals surface area (Å²) in [5.74, 6) is -0.274. The SMILES string of the molecule is CCCCCCCCCCCCCCCCCCCCCCCCCCCC(O)C(CO)NC(=O)CC(O)CCCCCCCCCCCCCCCCCCCCCCCC. The molecule has 0 saturated carbocycles. The Kier molecular flexibility index (Phi) is 52.4. The van der Waals surface area contributed by atoms with E-state index in [4.69, 9.17) is 0 Å². The van der Waals surface area contributed by atoms with Crippen LogP contribution in [0.4, 0.5) is 0 Å². The number of aliphatic hydroxyl groups is 3. The lowest BCUT2D eigenvalue weighted by Crippen LogP contribution is -2.46. The van der Waals surface area contributed by atoms with E-state index in [1.807, 2.05) is 0 Å². The van der Waals surface area contributed by atoms with E-state index < -0.39 is 18.2 Å². The van der Waals surface area contributed by atoms with Gasteiger partial charge in [-0.15, -0.1) is 0 Å². The number of aliphatic hydroxyl groups excluding tert-OH is 3. The summed E-state index contributed by atoms with van der Waals surface area (Å²) in [5, 5.41) is 33.7. The standard InChI is InChI=1S/C57H115NO4/c1-3-5-7-9-11-13-15-17-19-21-23-25-27-28-29-31-33-35-37-39-41-43-45-47-49-51-56(61)55(53-59)58-57(62)52-54(60)50-48-46-44-42-40-38-36-34-32-30-26-24-22-20-18-16-14-12-10-8-6-4-2/h54-56,59-61H,3-53H2,1-2H3,(H,58,62). The minimum atomic E-state index is -0.746. The molecule has 4 N–H and O–H groups in total. The lowest BCUT2D eigenvalue weighted by molar-refractivity contribution is -0.125.